The number of hydrogen-bond donors (Lipinski definition) is 1. The van der Waals surface area contributed by atoms with E-state index in [1.807, 2.05) is 17.7 Å². The molecule has 1 aromatic rings. The van der Waals surface area contributed by atoms with Crippen LogP contribution in [0.4, 0.5) is 0 Å². The van der Waals surface area contributed by atoms with Crippen molar-refractivity contribution in [1.29, 1.82) is 0 Å². The van der Waals surface area contributed by atoms with Crippen molar-refractivity contribution >= 4 is 5.91 Å². The molecule has 122 valence electrons. The lowest BCUT2D eigenvalue weighted by molar-refractivity contribution is -0.126. The van der Waals surface area contributed by atoms with E-state index in [2.05, 4.69) is 10.4 Å². The number of amides is 1. The number of aryl methyl sites for hydroxylation is 2. The second kappa shape index (κ2) is 7.24. The average molecular weight is 307 g/mol. The molecule has 1 amide bonds. The summed E-state index contributed by atoms with van der Waals surface area (Å²) in [5, 5.41) is 7.26. The van der Waals surface area contributed by atoms with E-state index in [1.165, 1.54) is 12.8 Å². The van der Waals surface area contributed by atoms with Crippen molar-refractivity contribution in [2.75, 3.05) is 19.8 Å². The fourth-order valence-electron chi connectivity index (χ4n) is 2.72. The highest BCUT2D eigenvalue weighted by molar-refractivity contribution is 5.76. The Bertz CT molecular complexity index is 499. The van der Waals surface area contributed by atoms with Gasteiger partial charge < -0.3 is 14.8 Å². The summed E-state index contributed by atoms with van der Waals surface area (Å²) >= 11 is 0. The molecule has 1 N–H and O–H groups in total. The second-order valence-corrected chi connectivity index (χ2v) is 6.30. The van der Waals surface area contributed by atoms with E-state index in [0.29, 0.717) is 26.2 Å². The van der Waals surface area contributed by atoms with Crippen LogP contribution in [-0.2, 0) is 20.8 Å². The molecule has 1 saturated carbocycles. The molecule has 1 saturated heterocycles. The molecular formula is C16H25N3O3. The molecule has 1 aliphatic carbocycles. The van der Waals surface area contributed by atoms with Crippen LogP contribution in [0.1, 0.15) is 31.4 Å². The van der Waals surface area contributed by atoms with Crippen LogP contribution in [0.15, 0.2) is 12.3 Å². The summed E-state index contributed by atoms with van der Waals surface area (Å²) in [6.07, 6.45) is 5.69. The van der Waals surface area contributed by atoms with Crippen molar-refractivity contribution in [1.82, 2.24) is 15.1 Å². The molecule has 2 heterocycles. The minimum atomic E-state index is -0.0290. The standard InChI is InChI=1S/C16H25N3O3/c1-12-4-7-17-19(12)8-5-16(20)18-14-11-21-9-6-15(14)22-10-13-2-3-13/h4,7,13-15H,2-3,5-6,8-11H2,1H3,(H,18,20)/t14-,15+/m1/s1. The molecule has 6 nitrogen and oxygen atoms in total. The molecule has 3 rings (SSSR count). The van der Waals surface area contributed by atoms with Gasteiger partial charge in [-0.05, 0) is 38.2 Å². The third-order valence-corrected chi connectivity index (χ3v) is 4.36. The van der Waals surface area contributed by atoms with Crippen molar-refractivity contribution < 1.29 is 14.3 Å². The van der Waals surface area contributed by atoms with E-state index in [1.54, 1.807) is 6.20 Å². The molecule has 0 unspecified atom stereocenters. The molecule has 0 radical (unpaired) electrons. The van der Waals surface area contributed by atoms with Crippen LogP contribution < -0.4 is 5.32 Å². The molecule has 1 aliphatic heterocycles. The second-order valence-electron chi connectivity index (χ2n) is 6.30. The molecule has 2 aliphatic rings. The zero-order valence-corrected chi connectivity index (χ0v) is 13.2. The SMILES string of the molecule is Cc1ccnn1CCC(=O)N[C@@H]1COCC[C@@H]1OCC1CC1. The lowest BCUT2D eigenvalue weighted by Crippen LogP contribution is -2.50. The Labute approximate surface area is 131 Å². The van der Waals surface area contributed by atoms with E-state index in [4.69, 9.17) is 9.47 Å². The number of ether oxygens (including phenoxy) is 2. The molecule has 0 aromatic carbocycles. The maximum absolute atomic E-state index is 12.2. The summed E-state index contributed by atoms with van der Waals surface area (Å²) < 4.78 is 13.3. The number of rotatable bonds is 7. The van der Waals surface area contributed by atoms with Crippen molar-refractivity contribution in [3.63, 3.8) is 0 Å². The van der Waals surface area contributed by atoms with Gasteiger partial charge in [0, 0.05) is 38.1 Å². The molecule has 6 heteroatoms. The molecule has 22 heavy (non-hydrogen) atoms. The van der Waals surface area contributed by atoms with Crippen molar-refractivity contribution in [2.45, 2.75) is 51.3 Å². The van der Waals surface area contributed by atoms with Gasteiger partial charge in [0.25, 0.3) is 0 Å². The Morgan fingerprint density at radius 2 is 2.36 bits per heavy atom. The zero-order valence-electron chi connectivity index (χ0n) is 13.2. The summed E-state index contributed by atoms with van der Waals surface area (Å²) in [5.74, 6) is 0.771. The number of hydrogen-bond acceptors (Lipinski definition) is 4. The van der Waals surface area contributed by atoms with Gasteiger partial charge in [-0.3, -0.25) is 9.48 Å². The summed E-state index contributed by atoms with van der Waals surface area (Å²) in [7, 11) is 0. The third-order valence-electron chi connectivity index (χ3n) is 4.36. The highest BCUT2D eigenvalue weighted by Crippen LogP contribution is 2.30. The Kier molecular flexibility index (Phi) is 5.10. The summed E-state index contributed by atoms with van der Waals surface area (Å²) in [6.45, 7) is 4.67. The smallest absolute Gasteiger partial charge is 0.222 e. The molecular weight excluding hydrogens is 282 g/mol. The number of carbonyl (C=O) groups excluding carboxylic acids is 1. The third kappa shape index (κ3) is 4.30. The molecule has 0 spiro atoms. The highest BCUT2D eigenvalue weighted by Gasteiger charge is 2.30. The first-order valence-corrected chi connectivity index (χ1v) is 8.19. The zero-order chi connectivity index (χ0) is 15.4. The first-order chi connectivity index (χ1) is 10.7. The predicted molar refractivity (Wildman–Crippen MR) is 81.4 cm³/mol. The van der Waals surface area contributed by atoms with E-state index < -0.39 is 0 Å². The lowest BCUT2D eigenvalue weighted by atomic mass is 10.1. The summed E-state index contributed by atoms with van der Waals surface area (Å²) in [4.78, 5) is 12.2. The maximum atomic E-state index is 12.2. The Balaban J connectivity index is 1.44. The molecule has 2 fully saturated rings. The van der Waals surface area contributed by atoms with Crippen LogP contribution >= 0.6 is 0 Å². The van der Waals surface area contributed by atoms with Crippen molar-refractivity contribution in [3.05, 3.63) is 18.0 Å². The van der Waals surface area contributed by atoms with Gasteiger partial charge in [-0.2, -0.15) is 5.10 Å². The number of carbonyl (C=O) groups is 1. The fraction of sp³-hybridized carbons (Fsp3) is 0.750. The van der Waals surface area contributed by atoms with Gasteiger partial charge >= 0.3 is 0 Å². The first-order valence-electron chi connectivity index (χ1n) is 8.19. The van der Waals surface area contributed by atoms with Crippen LogP contribution in [0.2, 0.25) is 0 Å². The van der Waals surface area contributed by atoms with E-state index in [-0.39, 0.29) is 18.1 Å². The van der Waals surface area contributed by atoms with Gasteiger partial charge in [0.2, 0.25) is 5.91 Å². The van der Waals surface area contributed by atoms with Crippen LogP contribution in [0.5, 0.6) is 0 Å². The maximum Gasteiger partial charge on any atom is 0.222 e. The lowest BCUT2D eigenvalue weighted by Gasteiger charge is -2.32. The Morgan fingerprint density at radius 3 is 3.09 bits per heavy atom. The molecule has 2 atom stereocenters. The minimum Gasteiger partial charge on any atom is -0.379 e. The molecule has 0 bridgehead atoms. The monoisotopic (exact) mass is 307 g/mol. The number of nitrogens with one attached hydrogen (secondary N) is 1. The topological polar surface area (TPSA) is 65.4 Å². The van der Waals surface area contributed by atoms with Gasteiger partial charge in [0.1, 0.15) is 0 Å². The quantitative estimate of drug-likeness (QED) is 0.824. The number of nitrogens with zero attached hydrogens (tertiary/aromatic N) is 2. The van der Waals surface area contributed by atoms with Gasteiger partial charge in [0.05, 0.1) is 18.8 Å². The van der Waals surface area contributed by atoms with Crippen LogP contribution in [0.25, 0.3) is 0 Å². The van der Waals surface area contributed by atoms with Gasteiger partial charge in [-0.15, -0.1) is 0 Å². The van der Waals surface area contributed by atoms with E-state index in [0.717, 1.165) is 24.6 Å². The number of aromatic nitrogens is 2. The van der Waals surface area contributed by atoms with Gasteiger partial charge in [0.15, 0.2) is 0 Å². The normalized spacial score (nSPS) is 25.1. The largest absolute Gasteiger partial charge is 0.379 e. The minimum absolute atomic E-state index is 0.0290. The van der Waals surface area contributed by atoms with Crippen LogP contribution in [0.3, 0.4) is 0 Å². The van der Waals surface area contributed by atoms with Crippen LogP contribution in [-0.4, -0.2) is 47.7 Å². The highest BCUT2D eigenvalue weighted by atomic mass is 16.5. The van der Waals surface area contributed by atoms with Crippen molar-refractivity contribution in [2.24, 2.45) is 5.92 Å². The van der Waals surface area contributed by atoms with Crippen molar-refractivity contribution in [3.8, 4) is 0 Å². The average Bonchev–Trinajstić information content (AvgIpc) is 3.26. The summed E-state index contributed by atoms with van der Waals surface area (Å²) in [6, 6.07) is 1.91. The first kappa shape index (κ1) is 15.5. The summed E-state index contributed by atoms with van der Waals surface area (Å²) in [5.41, 5.74) is 1.07. The predicted octanol–water partition coefficient (Wildman–Crippen LogP) is 1.28. The van der Waals surface area contributed by atoms with E-state index >= 15 is 0 Å². The molecule has 1 aromatic heterocycles. The Hall–Kier alpha value is -1.40. The van der Waals surface area contributed by atoms with Gasteiger partial charge in [-0.1, -0.05) is 0 Å². The van der Waals surface area contributed by atoms with E-state index in [9.17, 15) is 4.79 Å². The Morgan fingerprint density at radius 1 is 1.50 bits per heavy atom. The van der Waals surface area contributed by atoms with Gasteiger partial charge in [-0.25, -0.2) is 0 Å². The fourth-order valence-corrected chi connectivity index (χ4v) is 2.72. The van der Waals surface area contributed by atoms with Crippen LogP contribution in [0, 0.1) is 12.8 Å².